The summed E-state index contributed by atoms with van der Waals surface area (Å²) in [5, 5.41) is 14.0. The monoisotopic (exact) mass is 411 g/mol. The Morgan fingerprint density at radius 1 is 1.17 bits per heavy atom. The average molecular weight is 411 g/mol. The van der Waals surface area contributed by atoms with Crippen LogP contribution in [0.5, 0.6) is 5.75 Å². The number of nitrogens with zero attached hydrogens (tertiary/aromatic N) is 3. The molecule has 0 aliphatic rings. The van der Waals surface area contributed by atoms with Crippen LogP contribution < -0.4 is 15.4 Å². The van der Waals surface area contributed by atoms with Crippen molar-refractivity contribution in [2.75, 3.05) is 18.2 Å². The molecule has 0 aliphatic heterocycles. The van der Waals surface area contributed by atoms with Gasteiger partial charge in [-0.1, -0.05) is 23.9 Å². The average Bonchev–Trinajstić information content (AvgIpc) is 3.16. The van der Waals surface area contributed by atoms with Crippen LogP contribution >= 0.6 is 11.8 Å². The Kier molecular flexibility index (Phi) is 6.85. The van der Waals surface area contributed by atoms with Crippen LogP contribution in [0.2, 0.25) is 0 Å². The lowest BCUT2D eigenvalue weighted by molar-refractivity contribution is -0.113. The Balaban J connectivity index is 1.49. The van der Waals surface area contributed by atoms with E-state index < -0.39 is 0 Å². The van der Waals surface area contributed by atoms with Gasteiger partial charge in [-0.15, -0.1) is 10.2 Å². The van der Waals surface area contributed by atoms with Crippen molar-refractivity contribution in [1.29, 1.82) is 0 Å². The van der Waals surface area contributed by atoms with E-state index in [9.17, 15) is 9.59 Å². The Hall–Kier alpha value is -3.33. The maximum absolute atomic E-state index is 12.3. The van der Waals surface area contributed by atoms with Gasteiger partial charge in [-0.25, -0.2) is 0 Å². The second kappa shape index (κ2) is 9.74. The number of hydrogen-bond donors (Lipinski definition) is 2. The molecule has 8 nitrogen and oxygen atoms in total. The number of aromatic nitrogens is 3. The lowest BCUT2D eigenvalue weighted by atomic mass is 10.1. The quantitative estimate of drug-likeness (QED) is 0.553. The minimum atomic E-state index is -0.191. The molecule has 0 radical (unpaired) electrons. The number of anilines is 1. The first kappa shape index (κ1) is 20.4. The van der Waals surface area contributed by atoms with Gasteiger partial charge in [0.1, 0.15) is 12.1 Å². The van der Waals surface area contributed by atoms with E-state index in [4.69, 9.17) is 4.74 Å². The number of ether oxygens (including phenoxy) is 1. The zero-order valence-electron chi connectivity index (χ0n) is 16.1. The second-order valence-electron chi connectivity index (χ2n) is 6.17. The molecule has 0 bridgehead atoms. The molecular weight excluding hydrogens is 390 g/mol. The Morgan fingerprint density at radius 3 is 2.66 bits per heavy atom. The van der Waals surface area contributed by atoms with E-state index in [1.54, 1.807) is 42.3 Å². The molecule has 0 aliphatic carbocycles. The van der Waals surface area contributed by atoms with E-state index >= 15 is 0 Å². The van der Waals surface area contributed by atoms with Gasteiger partial charge in [0.15, 0.2) is 5.16 Å². The SMILES string of the molecule is COc1cccc(CNC(=O)c2ccc(NC(=O)CSc3nncn3C)cc2)c1. The molecule has 0 unspecified atom stereocenters. The molecule has 0 spiro atoms. The molecule has 29 heavy (non-hydrogen) atoms. The van der Waals surface area contributed by atoms with Crippen LogP contribution in [0, 0.1) is 0 Å². The fourth-order valence-corrected chi connectivity index (χ4v) is 3.19. The molecule has 0 fully saturated rings. The fraction of sp³-hybridized carbons (Fsp3) is 0.200. The molecule has 1 heterocycles. The minimum Gasteiger partial charge on any atom is -0.497 e. The first-order valence-corrected chi connectivity index (χ1v) is 9.81. The third kappa shape index (κ3) is 5.82. The highest BCUT2D eigenvalue weighted by atomic mass is 32.2. The van der Waals surface area contributed by atoms with Crippen molar-refractivity contribution in [2.45, 2.75) is 11.7 Å². The summed E-state index contributed by atoms with van der Waals surface area (Å²) in [6, 6.07) is 14.3. The van der Waals surface area contributed by atoms with Crippen LogP contribution in [-0.4, -0.2) is 39.4 Å². The smallest absolute Gasteiger partial charge is 0.251 e. The molecule has 0 saturated heterocycles. The highest BCUT2D eigenvalue weighted by Crippen LogP contribution is 2.15. The summed E-state index contributed by atoms with van der Waals surface area (Å²) in [4.78, 5) is 24.4. The fourth-order valence-electron chi connectivity index (χ4n) is 2.50. The summed E-state index contributed by atoms with van der Waals surface area (Å²) in [5.41, 5.74) is 2.08. The van der Waals surface area contributed by atoms with Crippen LogP contribution in [0.3, 0.4) is 0 Å². The van der Waals surface area contributed by atoms with Crippen LogP contribution in [0.25, 0.3) is 0 Å². The number of benzene rings is 2. The summed E-state index contributed by atoms with van der Waals surface area (Å²) >= 11 is 1.30. The van der Waals surface area contributed by atoms with Crippen molar-refractivity contribution in [3.05, 3.63) is 66.0 Å². The molecule has 2 N–H and O–H groups in total. The van der Waals surface area contributed by atoms with E-state index in [0.717, 1.165) is 11.3 Å². The zero-order valence-corrected chi connectivity index (χ0v) is 16.9. The van der Waals surface area contributed by atoms with Gasteiger partial charge in [-0.2, -0.15) is 0 Å². The summed E-state index contributed by atoms with van der Waals surface area (Å²) < 4.78 is 6.93. The molecule has 3 aromatic rings. The molecular formula is C20H21N5O3S. The van der Waals surface area contributed by atoms with Crippen LogP contribution in [0.4, 0.5) is 5.69 Å². The maximum atomic E-state index is 12.3. The molecule has 3 rings (SSSR count). The molecule has 2 aromatic carbocycles. The van der Waals surface area contributed by atoms with Crippen molar-refractivity contribution >= 4 is 29.3 Å². The van der Waals surface area contributed by atoms with Gasteiger partial charge in [-0.05, 0) is 42.0 Å². The summed E-state index contributed by atoms with van der Waals surface area (Å²) in [7, 11) is 3.42. The predicted molar refractivity (Wildman–Crippen MR) is 111 cm³/mol. The van der Waals surface area contributed by atoms with Crippen molar-refractivity contribution in [3.63, 3.8) is 0 Å². The number of methoxy groups -OCH3 is 1. The number of carbonyl (C=O) groups is 2. The largest absolute Gasteiger partial charge is 0.497 e. The van der Waals surface area contributed by atoms with E-state index in [1.807, 2.05) is 31.3 Å². The van der Waals surface area contributed by atoms with Crippen molar-refractivity contribution < 1.29 is 14.3 Å². The lowest BCUT2D eigenvalue weighted by Crippen LogP contribution is -2.22. The molecule has 150 valence electrons. The maximum Gasteiger partial charge on any atom is 0.251 e. The van der Waals surface area contributed by atoms with E-state index in [2.05, 4.69) is 20.8 Å². The normalized spacial score (nSPS) is 10.4. The minimum absolute atomic E-state index is 0.159. The number of thioether (sulfide) groups is 1. The summed E-state index contributed by atoms with van der Waals surface area (Å²) in [5.74, 6) is 0.612. The van der Waals surface area contributed by atoms with Gasteiger partial charge in [0.05, 0.1) is 12.9 Å². The first-order valence-electron chi connectivity index (χ1n) is 8.83. The van der Waals surface area contributed by atoms with Crippen molar-refractivity contribution in [1.82, 2.24) is 20.1 Å². The second-order valence-corrected chi connectivity index (χ2v) is 7.12. The molecule has 9 heteroatoms. The van der Waals surface area contributed by atoms with Gasteiger partial charge in [-0.3, -0.25) is 9.59 Å². The molecule has 0 saturated carbocycles. The van der Waals surface area contributed by atoms with E-state index in [1.165, 1.54) is 11.8 Å². The van der Waals surface area contributed by atoms with Crippen molar-refractivity contribution in [3.8, 4) is 5.75 Å². The Morgan fingerprint density at radius 2 is 1.97 bits per heavy atom. The highest BCUT2D eigenvalue weighted by Gasteiger charge is 2.09. The standard InChI is InChI=1S/C20H21N5O3S/c1-25-13-22-24-20(25)29-12-18(26)23-16-8-6-15(7-9-16)19(27)21-11-14-4-3-5-17(10-14)28-2/h3-10,13H,11-12H2,1-2H3,(H,21,27)(H,23,26). The Labute approximate surface area is 172 Å². The van der Waals surface area contributed by atoms with Crippen LogP contribution in [0.1, 0.15) is 15.9 Å². The van der Waals surface area contributed by atoms with Gasteiger partial charge < -0.3 is 19.9 Å². The van der Waals surface area contributed by atoms with Gasteiger partial charge >= 0.3 is 0 Å². The first-order chi connectivity index (χ1) is 14.0. The third-order valence-corrected chi connectivity index (χ3v) is 5.05. The lowest BCUT2D eigenvalue weighted by Gasteiger charge is -2.08. The molecule has 1 aromatic heterocycles. The van der Waals surface area contributed by atoms with Crippen LogP contribution in [-0.2, 0) is 18.4 Å². The zero-order chi connectivity index (χ0) is 20.6. The number of carbonyl (C=O) groups excluding carboxylic acids is 2. The number of rotatable bonds is 8. The van der Waals surface area contributed by atoms with Crippen LogP contribution in [0.15, 0.2) is 60.0 Å². The Bertz CT molecular complexity index is 988. The molecule has 2 amide bonds. The highest BCUT2D eigenvalue weighted by molar-refractivity contribution is 7.99. The van der Waals surface area contributed by atoms with Crippen molar-refractivity contribution in [2.24, 2.45) is 7.05 Å². The topological polar surface area (TPSA) is 98.1 Å². The van der Waals surface area contributed by atoms with Gasteiger partial charge in [0.25, 0.3) is 5.91 Å². The number of aryl methyl sites for hydroxylation is 1. The van der Waals surface area contributed by atoms with E-state index in [-0.39, 0.29) is 17.6 Å². The third-order valence-electron chi connectivity index (χ3n) is 4.02. The predicted octanol–water partition coefficient (Wildman–Crippen LogP) is 2.48. The number of hydrogen-bond acceptors (Lipinski definition) is 6. The van der Waals surface area contributed by atoms with Gasteiger partial charge in [0.2, 0.25) is 5.91 Å². The molecule has 0 atom stereocenters. The number of amides is 2. The number of nitrogens with one attached hydrogen (secondary N) is 2. The van der Waals surface area contributed by atoms with Gasteiger partial charge in [0, 0.05) is 24.8 Å². The summed E-state index contributed by atoms with van der Waals surface area (Å²) in [6.45, 7) is 0.397. The van der Waals surface area contributed by atoms with E-state index in [0.29, 0.717) is 23.0 Å². The summed E-state index contributed by atoms with van der Waals surface area (Å²) in [6.07, 6.45) is 1.58.